The Morgan fingerprint density at radius 1 is 1.17 bits per heavy atom. The minimum atomic E-state index is 1.14. The maximum Gasteiger partial charge on any atom is 0.104 e. The fraction of sp³-hybridized carbons (Fsp3) is 0. The highest BCUT2D eigenvalue weighted by Gasteiger charge is 2.00. The van der Waals surface area contributed by atoms with E-state index in [2.05, 4.69) is 40.0 Å². The Morgan fingerprint density at radius 2 is 1.92 bits per heavy atom. The topological polar surface area (TPSA) is 17.8 Å². The van der Waals surface area contributed by atoms with Crippen LogP contribution in [0.1, 0.15) is 0 Å². The molecule has 1 aromatic carbocycles. The highest BCUT2D eigenvalue weighted by atomic mass is 127. The molecule has 0 radical (unpaired) electrons. The van der Waals surface area contributed by atoms with Gasteiger partial charge in [-0.3, -0.25) is 2.78 Å². The summed E-state index contributed by atoms with van der Waals surface area (Å²) in [5, 5.41) is 0. The predicted molar refractivity (Wildman–Crippen MR) is 57.1 cm³/mol. The maximum absolute atomic E-state index is 4.05. The quantitative estimate of drug-likeness (QED) is 0.728. The van der Waals surface area contributed by atoms with Crippen LogP contribution in [0.3, 0.4) is 0 Å². The first kappa shape index (κ1) is 7.79. The van der Waals surface area contributed by atoms with Crippen molar-refractivity contribution in [2.45, 2.75) is 0 Å². The molecule has 0 aliphatic rings. The van der Waals surface area contributed by atoms with Crippen molar-refractivity contribution in [3.05, 3.63) is 42.9 Å². The smallest absolute Gasteiger partial charge is 0.104 e. The van der Waals surface area contributed by atoms with Gasteiger partial charge in [-0.15, -0.1) is 0 Å². The molecule has 0 aliphatic carbocycles. The van der Waals surface area contributed by atoms with E-state index in [1.54, 1.807) is 6.33 Å². The highest BCUT2D eigenvalue weighted by molar-refractivity contribution is 14.1. The zero-order chi connectivity index (χ0) is 8.39. The molecule has 0 unspecified atom stereocenters. The molecule has 2 aromatic rings. The minimum absolute atomic E-state index is 1.14. The van der Waals surface area contributed by atoms with Crippen molar-refractivity contribution in [2.75, 3.05) is 0 Å². The van der Waals surface area contributed by atoms with E-state index in [0.29, 0.717) is 0 Å². The van der Waals surface area contributed by atoms with Gasteiger partial charge in [0.05, 0.1) is 34.8 Å². The summed E-state index contributed by atoms with van der Waals surface area (Å²) in [5.41, 5.74) is 2.33. The van der Waals surface area contributed by atoms with Gasteiger partial charge in [0.2, 0.25) is 0 Å². The summed E-state index contributed by atoms with van der Waals surface area (Å²) in [6.07, 6.45) is 3.66. The van der Waals surface area contributed by atoms with Crippen molar-refractivity contribution in [1.82, 2.24) is 7.76 Å². The molecule has 0 bridgehead atoms. The SMILES string of the molecule is In1cncc1-c1ccccc1. The molecule has 12 heavy (non-hydrogen) atoms. The number of hydrogen-bond donors (Lipinski definition) is 0. The van der Waals surface area contributed by atoms with Crippen LogP contribution in [0, 0.1) is 0 Å². The third-order valence-corrected chi connectivity index (χ3v) is 2.43. The molecule has 2 nitrogen and oxygen atoms in total. The lowest BCUT2D eigenvalue weighted by molar-refractivity contribution is 1.28. The molecule has 0 saturated heterocycles. The number of imidazole rings is 1. The van der Waals surface area contributed by atoms with E-state index in [9.17, 15) is 0 Å². The highest BCUT2D eigenvalue weighted by Crippen LogP contribution is 2.19. The van der Waals surface area contributed by atoms with Crippen LogP contribution in [-0.2, 0) is 0 Å². The Morgan fingerprint density at radius 3 is 2.50 bits per heavy atom. The molecule has 0 aliphatic heterocycles. The molecule has 0 spiro atoms. The van der Waals surface area contributed by atoms with Crippen LogP contribution in [0.4, 0.5) is 0 Å². The van der Waals surface area contributed by atoms with Crippen molar-refractivity contribution < 1.29 is 0 Å². The van der Waals surface area contributed by atoms with Gasteiger partial charge >= 0.3 is 0 Å². The van der Waals surface area contributed by atoms with Crippen molar-refractivity contribution in [1.29, 1.82) is 0 Å². The lowest BCUT2D eigenvalue weighted by Crippen LogP contribution is -1.80. The van der Waals surface area contributed by atoms with E-state index in [4.69, 9.17) is 0 Å². The molecule has 60 valence electrons. The van der Waals surface area contributed by atoms with Crippen molar-refractivity contribution >= 4 is 22.9 Å². The first-order chi connectivity index (χ1) is 5.88. The Hall–Kier alpha value is -0.840. The third-order valence-electron chi connectivity index (χ3n) is 1.66. The van der Waals surface area contributed by atoms with Crippen LogP contribution in [0.25, 0.3) is 11.3 Å². The van der Waals surface area contributed by atoms with Crippen molar-refractivity contribution in [3.8, 4) is 11.3 Å². The van der Waals surface area contributed by atoms with Crippen molar-refractivity contribution in [2.24, 2.45) is 0 Å². The standard InChI is InChI=1S/C9H7IN2/c10-12-7-11-6-9(12)8-4-2-1-3-5-8/h1-7H. The Bertz CT molecular complexity index is 367. The predicted octanol–water partition coefficient (Wildman–Crippen LogP) is 2.75. The Labute approximate surface area is 84.7 Å². The second-order valence-corrected chi connectivity index (χ2v) is 3.50. The molecule has 3 heteroatoms. The fourth-order valence-corrected chi connectivity index (χ4v) is 1.63. The van der Waals surface area contributed by atoms with E-state index >= 15 is 0 Å². The molecule has 0 saturated carbocycles. The molecular weight excluding hydrogens is 263 g/mol. The van der Waals surface area contributed by atoms with Gasteiger partial charge in [-0.1, -0.05) is 30.3 Å². The van der Waals surface area contributed by atoms with Gasteiger partial charge in [0.15, 0.2) is 0 Å². The molecule has 1 aromatic heterocycles. The number of aromatic nitrogens is 2. The first-order valence-corrected chi connectivity index (χ1v) is 4.58. The molecule has 1 heterocycles. The van der Waals surface area contributed by atoms with E-state index in [-0.39, 0.29) is 0 Å². The van der Waals surface area contributed by atoms with E-state index < -0.39 is 0 Å². The van der Waals surface area contributed by atoms with Gasteiger partial charge in [-0.05, 0) is 0 Å². The molecule has 0 fully saturated rings. The number of nitrogens with zero attached hydrogens (tertiary/aromatic N) is 2. The largest absolute Gasteiger partial charge is 0.271 e. The summed E-state index contributed by atoms with van der Waals surface area (Å²) < 4.78 is 1.98. The van der Waals surface area contributed by atoms with Crippen LogP contribution >= 0.6 is 22.9 Å². The molecule has 0 amide bonds. The number of rotatable bonds is 1. The lowest BCUT2D eigenvalue weighted by Gasteiger charge is -1.98. The molecular formula is C9H7IN2. The van der Waals surface area contributed by atoms with Gasteiger partial charge in [-0.2, -0.15) is 0 Å². The first-order valence-electron chi connectivity index (χ1n) is 3.62. The monoisotopic (exact) mass is 270 g/mol. The normalized spacial score (nSPS) is 10.1. The second-order valence-electron chi connectivity index (χ2n) is 2.46. The second kappa shape index (κ2) is 3.26. The summed E-state index contributed by atoms with van der Waals surface area (Å²) in [4.78, 5) is 4.05. The van der Waals surface area contributed by atoms with Crippen LogP contribution in [0.5, 0.6) is 0 Å². The average molecular weight is 270 g/mol. The number of hydrogen-bond acceptors (Lipinski definition) is 1. The van der Waals surface area contributed by atoms with Crippen LogP contribution in [-0.4, -0.2) is 7.76 Å². The average Bonchev–Trinajstić information content (AvgIpc) is 2.53. The summed E-state index contributed by atoms with van der Waals surface area (Å²) in [6.45, 7) is 0. The van der Waals surface area contributed by atoms with Crippen molar-refractivity contribution in [3.63, 3.8) is 0 Å². The number of benzene rings is 1. The minimum Gasteiger partial charge on any atom is -0.271 e. The van der Waals surface area contributed by atoms with E-state index in [0.717, 1.165) is 5.69 Å². The maximum atomic E-state index is 4.05. The number of halogens is 1. The molecule has 0 atom stereocenters. The van der Waals surface area contributed by atoms with E-state index in [1.807, 2.05) is 27.2 Å². The van der Waals surface area contributed by atoms with Gasteiger partial charge in [0, 0.05) is 5.56 Å². The van der Waals surface area contributed by atoms with Crippen LogP contribution in [0.2, 0.25) is 0 Å². The fourth-order valence-electron chi connectivity index (χ4n) is 1.09. The van der Waals surface area contributed by atoms with E-state index in [1.165, 1.54) is 5.56 Å². The zero-order valence-electron chi connectivity index (χ0n) is 6.31. The summed E-state index contributed by atoms with van der Waals surface area (Å²) in [7, 11) is 0. The van der Waals surface area contributed by atoms with Gasteiger partial charge in [0.1, 0.15) is 6.33 Å². The molecule has 0 N–H and O–H groups in total. The Kier molecular flexibility index (Phi) is 2.12. The zero-order valence-corrected chi connectivity index (χ0v) is 8.47. The Balaban J connectivity index is 2.51. The third kappa shape index (κ3) is 1.36. The summed E-state index contributed by atoms with van der Waals surface area (Å²) in [6, 6.07) is 10.2. The van der Waals surface area contributed by atoms with Crippen LogP contribution < -0.4 is 0 Å². The molecule has 2 rings (SSSR count). The van der Waals surface area contributed by atoms with Gasteiger partial charge in [-0.25, -0.2) is 4.98 Å². The van der Waals surface area contributed by atoms with Gasteiger partial charge < -0.3 is 0 Å². The lowest BCUT2D eigenvalue weighted by atomic mass is 10.2. The van der Waals surface area contributed by atoms with Crippen LogP contribution in [0.15, 0.2) is 42.9 Å². The van der Waals surface area contributed by atoms with Gasteiger partial charge in [0.25, 0.3) is 0 Å². The summed E-state index contributed by atoms with van der Waals surface area (Å²) >= 11 is 2.21. The summed E-state index contributed by atoms with van der Waals surface area (Å²) in [5.74, 6) is 0.